The van der Waals surface area contributed by atoms with E-state index in [-0.39, 0.29) is 17.2 Å². The molecule has 0 radical (unpaired) electrons. The normalized spacial score (nSPS) is 34.9. The maximum absolute atomic E-state index is 11.3. The van der Waals surface area contributed by atoms with Crippen LogP contribution < -0.4 is 5.32 Å². The van der Waals surface area contributed by atoms with E-state index in [1.54, 1.807) is 11.9 Å². The highest BCUT2D eigenvalue weighted by molar-refractivity contribution is 5.94. The summed E-state index contributed by atoms with van der Waals surface area (Å²) in [6.07, 6.45) is 1.22. The van der Waals surface area contributed by atoms with Gasteiger partial charge in [0.1, 0.15) is 0 Å². The van der Waals surface area contributed by atoms with Crippen molar-refractivity contribution >= 4 is 11.8 Å². The number of piperidine rings is 1. The van der Waals surface area contributed by atoms with Gasteiger partial charge in [-0.3, -0.25) is 9.59 Å². The second-order valence-electron chi connectivity index (χ2n) is 3.71. The zero-order valence-electron chi connectivity index (χ0n) is 7.09. The van der Waals surface area contributed by atoms with Gasteiger partial charge in [0.2, 0.25) is 11.8 Å². The zero-order valence-corrected chi connectivity index (χ0v) is 7.09. The number of amides is 2. The van der Waals surface area contributed by atoms with Crippen molar-refractivity contribution in [1.29, 1.82) is 0 Å². The van der Waals surface area contributed by atoms with E-state index in [1.165, 1.54) is 0 Å². The van der Waals surface area contributed by atoms with Crippen molar-refractivity contribution in [2.45, 2.75) is 12.8 Å². The number of hydrogen-bond acceptors (Lipinski definition) is 2. The van der Waals surface area contributed by atoms with Crippen LogP contribution in [0, 0.1) is 5.41 Å². The minimum atomic E-state index is -0.330. The molecule has 2 amide bonds. The van der Waals surface area contributed by atoms with Crippen LogP contribution in [-0.2, 0) is 9.59 Å². The van der Waals surface area contributed by atoms with Gasteiger partial charge in [-0.1, -0.05) is 0 Å². The molecule has 2 saturated heterocycles. The number of hydrogen-bond donors (Lipinski definition) is 1. The van der Waals surface area contributed by atoms with Crippen LogP contribution in [0.3, 0.4) is 0 Å². The molecule has 0 unspecified atom stereocenters. The molecule has 1 N–H and O–H groups in total. The van der Waals surface area contributed by atoms with Gasteiger partial charge in [-0.25, -0.2) is 0 Å². The van der Waals surface area contributed by atoms with E-state index in [0.29, 0.717) is 19.5 Å². The molecule has 2 aliphatic rings. The lowest BCUT2D eigenvalue weighted by Gasteiger charge is -2.45. The van der Waals surface area contributed by atoms with Gasteiger partial charge < -0.3 is 10.2 Å². The first kappa shape index (κ1) is 7.58. The Bertz CT molecular complexity index is 251. The molecule has 12 heavy (non-hydrogen) atoms. The summed E-state index contributed by atoms with van der Waals surface area (Å²) in [5.41, 5.74) is -0.330. The number of nitrogens with one attached hydrogen (secondary N) is 1. The average Bonchev–Trinajstić information content (AvgIpc) is 2.07. The van der Waals surface area contributed by atoms with Gasteiger partial charge in [0.15, 0.2) is 0 Å². The second-order valence-corrected chi connectivity index (χ2v) is 3.71. The smallest absolute Gasteiger partial charge is 0.228 e. The Labute approximate surface area is 70.9 Å². The van der Waals surface area contributed by atoms with E-state index in [4.69, 9.17) is 0 Å². The number of likely N-dealkylation sites (tertiary alicyclic amines) is 1. The minimum Gasteiger partial charge on any atom is -0.354 e. The number of nitrogens with zero attached hydrogens (tertiary/aromatic N) is 1. The predicted molar refractivity (Wildman–Crippen MR) is 42.3 cm³/mol. The largest absolute Gasteiger partial charge is 0.354 e. The number of β-lactam (4-membered cyclic amide) rings is 1. The summed E-state index contributed by atoms with van der Waals surface area (Å²) in [6.45, 7) is 1.40. The first-order chi connectivity index (χ1) is 5.64. The molecule has 2 rings (SSSR count). The van der Waals surface area contributed by atoms with E-state index in [2.05, 4.69) is 5.32 Å². The molecule has 1 atom stereocenters. The molecule has 0 aromatic carbocycles. The highest BCUT2D eigenvalue weighted by Crippen LogP contribution is 2.36. The Morgan fingerprint density at radius 2 is 2.25 bits per heavy atom. The fourth-order valence-electron chi connectivity index (χ4n) is 1.77. The van der Waals surface area contributed by atoms with Crippen molar-refractivity contribution in [3.63, 3.8) is 0 Å². The quantitative estimate of drug-likeness (QED) is 0.489. The zero-order chi connectivity index (χ0) is 8.77. The van der Waals surface area contributed by atoms with Crippen molar-refractivity contribution < 1.29 is 9.59 Å². The average molecular weight is 168 g/mol. The van der Waals surface area contributed by atoms with Gasteiger partial charge in [-0.2, -0.15) is 0 Å². The molecular weight excluding hydrogens is 156 g/mol. The molecular formula is C8H12N2O2. The molecule has 0 aromatic rings. The molecule has 66 valence electrons. The van der Waals surface area contributed by atoms with Crippen LogP contribution in [0.15, 0.2) is 0 Å². The summed E-state index contributed by atoms with van der Waals surface area (Å²) in [4.78, 5) is 24.2. The first-order valence-corrected chi connectivity index (χ1v) is 4.16. The summed E-state index contributed by atoms with van der Waals surface area (Å²) in [5, 5.41) is 2.69. The van der Waals surface area contributed by atoms with Crippen LogP contribution >= 0.6 is 0 Å². The lowest BCUT2D eigenvalue weighted by Crippen LogP contribution is -2.63. The molecule has 2 fully saturated rings. The highest BCUT2D eigenvalue weighted by atomic mass is 16.2. The van der Waals surface area contributed by atoms with Crippen LogP contribution in [0.5, 0.6) is 0 Å². The predicted octanol–water partition coefficient (Wildman–Crippen LogP) is -0.645. The number of carbonyl (C=O) groups is 2. The maximum Gasteiger partial charge on any atom is 0.228 e. The van der Waals surface area contributed by atoms with Gasteiger partial charge in [-0.05, 0) is 6.42 Å². The Hall–Kier alpha value is -1.06. The first-order valence-electron chi connectivity index (χ1n) is 4.16. The molecule has 4 heteroatoms. The van der Waals surface area contributed by atoms with Crippen LogP contribution in [-0.4, -0.2) is 36.9 Å². The third-order valence-corrected chi connectivity index (χ3v) is 2.91. The Kier molecular flexibility index (Phi) is 1.40. The van der Waals surface area contributed by atoms with E-state index in [0.717, 1.165) is 6.42 Å². The summed E-state index contributed by atoms with van der Waals surface area (Å²) >= 11 is 0. The molecule has 0 bridgehead atoms. The standard InChI is InChI=1S/C8H12N2O2/c1-10-3-2-8(4-6(10)11)5-9-7(8)12/h2-5H2,1H3,(H,9,12)/t8-/m0/s1. The second kappa shape index (κ2) is 2.21. The monoisotopic (exact) mass is 168 g/mol. The van der Waals surface area contributed by atoms with Crippen molar-refractivity contribution in [3.05, 3.63) is 0 Å². The third kappa shape index (κ3) is 0.838. The highest BCUT2D eigenvalue weighted by Gasteiger charge is 2.50. The minimum absolute atomic E-state index is 0.0592. The van der Waals surface area contributed by atoms with Crippen LogP contribution in [0.1, 0.15) is 12.8 Å². The van der Waals surface area contributed by atoms with E-state index in [1.807, 2.05) is 0 Å². The van der Waals surface area contributed by atoms with Crippen LogP contribution in [0.2, 0.25) is 0 Å². The lowest BCUT2D eigenvalue weighted by molar-refractivity contribution is -0.153. The molecule has 0 aromatic heterocycles. The summed E-state index contributed by atoms with van der Waals surface area (Å²) < 4.78 is 0. The lowest BCUT2D eigenvalue weighted by atomic mass is 9.72. The van der Waals surface area contributed by atoms with Crippen LogP contribution in [0.4, 0.5) is 0 Å². The van der Waals surface area contributed by atoms with Crippen molar-refractivity contribution in [2.24, 2.45) is 5.41 Å². The Morgan fingerprint density at radius 1 is 1.50 bits per heavy atom. The molecule has 1 spiro atoms. The van der Waals surface area contributed by atoms with Gasteiger partial charge >= 0.3 is 0 Å². The van der Waals surface area contributed by atoms with Crippen LogP contribution in [0.25, 0.3) is 0 Å². The van der Waals surface area contributed by atoms with E-state index >= 15 is 0 Å². The summed E-state index contributed by atoms with van der Waals surface area (Å²) in [6, 6.07) is 0. The van der Waals surface area contributed by atoms with Gasteiger partial charge in [0.05, 0.1) is 5.41 Å². The molecule has 2 aliphatic heterocycles. The van der Waals surface area contributed by atoms with Crippen molar-refractivity contribution in [1.82, 2.24) is 10.2 Å². The maximum atomic E-state index is 11.3. The van der Waals surface area contributed by atoms with Gasteiger partial charge in [0, 0.05) is 26.6 Å². The molecule has 0 saturated carbocycles. The van der Waals surface area contributed by atoms with Gasteiger partial charge in [-0.15, -0.1) is 0 Å². The van der Waals surface area contributed by atoms with Crippen molar-refractivity contribution in [3.8, 4) is 0 Å². The summed E-state index contributed by atoms with van der Waals surface area (Å²) in [5.74, 6) is 0.153. The topological polar surface area (TPSA) is 49.4 Å². The van der Waals surface area contributed by atoms with Crippen molar-refractivity contribution in [2.75, 3.05) is 20.1 Å². The number of rotatable bonds is 0. The Balaban J connectivity index is 2.12. The Morgan fingerprint density at radius 3 is 2.67 bits per heavy atom. The third-order valence-electron chi connectivity index (χ3n) is 2.91. The van der Waals surface area contributed by atoms with E-state index < -0.39 is 0 Å². The molecule has 0 aliphatic carbocycles. The fraction of sp³-hybridized carbons (Fsp3) is 0.750. The fourth-order valence-corrected chi connectivity index (χ4v) is 1.77. The molecule has 4 nitrogen and oxygen atoms in total. The SMILES string of the molecule is CN1CC[C@@]2(CNC2=O)CC1=O. The van der Waals surface area contributed by atoms with Gasteiger partial charge in [0.25, 0.3) is 0 Å². The summed E-state index contributed by atoms with van der Waals surface area (Å²) in [7, 11) is 1.78. The van der Waals surface area contributed by atoms with E-state index in [9.17, 15) is 9.59 Å². The molecule has 2 heterocycles. The number of carbonyl (C=O) groups excluding carboxylic acids is 2.